The summed E-state index contributed by atoms with van der Waals surface area (Å²) in [4.78, 5) is 11.9. The van der Waals surface area contributed by atoms with E-state index in [1.165, 1.54) is 31.7 Å². The van der Waals surface area contributed by atoms with Crippen LogP contribution in [0.2, 0.25) is 0 Å². The van der Waals surface area contributed by atoms with Gasteiger partial charge in [0.05, 0.1) is 12.2 Å². The van der Waals surface area contributed by atoms with Crippen LogP contribution in [-0.4, -0.2) is 18.5 Å². The maximum Gasteiger partial charge on any atom is 0.239 e. The molecule has 4 heteroatoms. The number of aryl methyl sites for hydroxylation is 1. The Morgan fingerprint density at radius 3 is 2.60 bits per heavy atom. The lowest BCUT2D eigenvalue weighted by molar-refractivity contribution is -0.120. The summed E-state index contributed by atoms with van der Waals surface area (Å²) >= 11 is 0. The third kappa shape index (κ3) is 4.22. The zero-order chi connectivity index (χ0) is 14.4. The van der Waals surface area contributed by atoms with Crippen LogP contribution in [0.1, 0.15) is 44.1 Å². The van der Waals surface area contributed by atoms with Gasteiger partial charge in [-0.25, -0.2) is 4.39 Å². The summed E-state index contributed by atoms with van der Waals surface area (Å²) in [5.41, 5.74) is 1.23. The summed E-state index contributed by atoms with van der Waals surface area (Å²) in [6, 6.07) is 5.18. The highest BCUT2D eigenvalue weighted by Crippen LogP contribution is 2.19. The highest BCUT2D eigenvalue weighted by atomic mass is 19.1. The fraction of sp³-hybridized carbons (Fsp3) is 0.562. The second-order valence-corrected chi connectivity index (χ2v) is 5.54. The molecule has 1 aromatic rings. The van der Waals surface area contributed by atoms with E-state index in [2.05, 4.69) is 10.6 Å². The van der Waals surface area contributed by atoms with Crippen molar-refractivity contribution in [3.8, 4) is 0 Å². The third-order valence-electron chi connectivity index (χ3n) is 3.87. The Bertz CT molecular complexity index is 434. The second kappa shape index (κ2) is 7.27. The monoisotopic (exact) mass is 278 g/mol. The van der Waals surface area contributed by atoms with Crippen LogP contribution in [0.4, 0.5) is 10.1 Å². The summed E-state index contributed by atoms with van der Waals surface area (Å²) < 4.78 is 13.6. The number of hydrogen-bond donors (Lipinski definition) is 2. The lowest BCUT2D eigenvalue weighted by Gasteiger charge is -2.17. The van der Waals surface area contributed by atoms with Crippen LogP contribution in [0.3, 0.4) is 0 Å². The molecule has 3 nitrogen and oxygen atoms in total. The number of amides is 1. The standard InChI is InChI=1S/C16H23FN2O/c1-12-7-6-10-14(17)16(12)18-11-15(20)19-13-8-4-2-3-5-9-13/h6-7,10,13,18H,2-5,8-9,11H2,1H3,(H,19,20). The number of carbonyl (C=O) groups is 1. The molecule has 1 amide bonds. The van der Waals surface area contributed by atoms with Crippen LogP contribution >= 0.6 is 0 Å². The van der Waals surface area contributed by atoms with Crippen molar-refractivity contribution in [3.05, 3.63) is 29.6 Å². The van der Waals surface area contributed by atoms with E-state index < -0.39 is 0 Å². The van der Waals surface area contributed by atoms with Crippen molar-refractivity contribution >= 4 is 11.6 Å². The average molecular weight is 278 g/mol. The van der Waals surface area contributed by atoms with Crippen LogP contribution in [0, 0.1) is 12.7 Å². The maximum absolute atomic E-state index is 13.6. The molecule has 0 unspecified atom stereocenters. The molecule has 0 saturated heterocycles. The summed E-state index contributed by atoms with van der Waals surface area (Å²) in [6.07, 6.45) is 7.02. The van der Waals surface area contributed by atoms with Gasteiger partial charge in [-0.2, -0.15) is 0 Å². The first-order chi connectivity index (χ1) is 9.66. The van der Waals surface area contributed by atoms with Crippen LogP contribution < -0.4 is 10.6 Å². The number of carbonyl (C=O) groups excluding carboxylic acids is 1. The van der Waals surface area contributed by atoms with E-state index in [1.54, 1.807) is 6.07 Å². The molecule has 0 aliphatic heterocycles. The van der Waals surface area contributed by atoms with Gasteiger partial charge in [0.1, 0.15) is 5.82 Å². The Labute approximate surface area is 120 Å². The predicted molar refractivity (Wildman–Crippen MR) is 79.3 cm³/mol. The molecule has 0 atom stereocenters. The quantitative estimate of drug-likeness (QED) is 0.829. The number of halogens is 1. The van der Waals surface area contributed by atoms with E-state index in [0.717, 1.165) is 18.4 Å². The lowest BCUT2D eigenvalue weighted by Crippen LogP contribution is -2.38. The van der Waals surface area contributed by atoms with Crippen LogP contribution in [0.15, 0.2) is 18.2 Å². The Morgan fingerprint density at radius 1 is 1.25 bits per heavy atom. The molecule has 1 fully saturated rings. The number of rotatable bonds is 4. The molecule has 0 radical (unpaired) electrons. The largest absolute Gasteiger partial charge is 0.374 e. The van der Waals surface area contributed by atoms with Gasteiger partial charge < -0.3 is 10.6 Å². The molecular weight excluding hydrogens is 255 g/mol. The van der Waals surface area contributed by atoms with Crippen molar-refractivity contribution in [1.29, 1.82) is 0 Å². The van der Waals surface area contributed by atoms with Gasteiger partial charge in [0.2, 0.25) is 5.91 Å². The van der Waals surface area contributed by atoms with Gasteiger partial charge in [-0.3, -0.25) is 4.79 Å². The highest BCUT2D eigenvalue weighted by molar-refractivity contribution is 5.81. The number of nitrogens with one attached hydrogen (secondary N) is 2. The first-order valence-electron chi connectivity index (χ1n) is 7.45. The van der Waals surface area contributed by atoms with E-state index in [1.807, 2.05) is 13.0 Å². The van der Waals surface area contributed by atoms with E-state index in [0.29, 0.717) is 5.69 Å². The molecule has 0 bridgehead atoms. The van der Waals surface area contributed by atoms with Crippen molar-refractivity contribution in [3.63, 3.8) is 0 Å². The fourth-order valence-corrected chi connectivity index (χ4v) is 2.73. The Morgan fingerprint density at radius 2 is 1.95 bits per heavy atom. The van der Waals surface area contributed by atoms with Crippen molar-refractivity contribution in [2.45, 2.75) is 51.5 Å². The van der Waals surface area contributed by atoms with Gasteiger partial charge in [0, 0.05) is 6.04 Å². The maximum atomic E-state index is 13.6. The molecule has 2 N–H and O–H groups in total. The van der Waals surface area contributed by atoms with E-state index >= 15 is 0 Å². The Kier molecular flexibility index (Phi) is 5.39. The van der Waals surface area contributed by atoms with Gasteiger partial charge in [0.15, 0.2) is 0 Å². The zero-order valence-electron chi connectivity index (χ0n) is 12.0. The Hall–Kier alpha value is -1.58. The molecule has 1 saturated carbocycles. The molecule has 2 rings (SSSR count). The molecule has 0 spiro atoms. The third-order valence-corrected chi connectivity index (χ3v) is 3.87. The Balaban J connectivity index is 1.82. The second-order valence-electron chi connectivity index (χ2n) is 5.54. The first kappa shape index (κ1) is 14.8. The zero-order valence-corrected chi connectivity index (χ0v) is 12.0. The van der Waals surface area contributed by atoms with Gasteiger partial charge in [-0.1, -0.05) is 37.8 Å². The molecule has 20 heavy (non-hydrogen) atoms. The van der Waals surface area contributed by atoms with Crippen LogP contribution in [0.5, 0.6) is 0 Å². The van der Waals surface area contributed by atoms with Crippen molar-refractivity contribution in [1.82, 2.24) is 5.32 Å². The van der Waals surface area contributed by atoms with Gasteiger partial charge in [0.25, 0.3) is 0 Å². The minimum absolute atomic E-state index is 0.0560. The summed E-state index contributed by atoms with van der Waals surface area (Å²) in [5, 5.41) is 5.94. The van der Waals surface area contributed by atoms with Crippen molar-refractivity contribution in [2.24, 2.45) is 0 Å². The first-order valence-corrected chi connectivity index (χ1v) is 7.45. The van der Waals surface area contributed by atoms with E-state index in [4.69, 9.17) is 0 Å². The molecule has 110 valence electrons. The number of hydrogen-bond acceptors (Lipinski definition) is 2. The van der Waals surface area contributed by atoms with Crippen molar-refractivity contribution in [2.75, 3.05) is 11.9 Å². The minimum Gasteiger partial charge on any atom is -0.374 e. The summed E-state index contributed by atoms with van der Waals surface area (Å²) in [6.45, 7) is 1.95. The molecule has 1 aromatic carbocycles. The summed E-state index contributed by atoms with van der Waals surface area (Å²) in [7, 11) is 0. The van der Waals surface area contributed by atoms with Crippen molar-refractivity contribution < 1.29 is 9.18 Å². The van der Waals surface area contributed by atoms with Crippen LogP contribution in [-0.2, 0) is 4.79 Å². The number of anilines is 1. The molecule has 0 heterocycles. The topological polar surface area (TPSA) is 41.1 Å². The molecule has 0 aromatic heterocycles. The summed E-state index contributed by atoms with van der Waals surface area (Å²) in [5.74, 6) is -0.369. The van der Waals surface area contributed by atoms with Gasteiger partial charge in [-0.15, -0.1) is 0 Å². The molecule has 1 aliphatic carbocycles. The predicted octanol–water partition coefficient (Wildman–Crippen LogP) is 3.39. The highest BCUT2D eigenvalue weighted by Gasteiger charge is 2.15. The SMILES string of the molecule is Cc1cccc(F)c1NCC(=O)NC1CCCCCC1. The molecular formula is C16H23FN2O. The minimum atomic E-state index is -0.313. The van der Waals surface area contributed by atoms with E-state index in [9.17, 15) is 9.18 Å². The number of para-hydroxylation sites is 1. The smallest absolute Gasteiger partial charge is 0.239 e. The van der Waals surface area contributed by atoms with Gasteiger partial charge in [-0.05, 0) is 31.4 Å². The van der Waals surface area contributed by atoms with E-state index in [-0.39, 0.29) is 24.3 Å². The fourth-order valence-electron chi connectivity index (χ4n) is 2.73. The van der Waals surface area contributed by atoms with Crippen LogP contribution in [0.25, 0.3) is 0 Å². The number of benzene rings is 1. The van der Waals surface area contributed by atoms with Gasteiger partial charge >= 0.3 is 0 Å². The average Bonchev–Trinajstić information content (AvgIpc) is 2.67. The lowest BCUT2D eigenvalue weighted by atomic mass is 10.1. The normalized spacial score (nSPS) is 16.5. The molecule has 1 aliphatic rings.